The molecule has 0 saturated carbocycles. The van der Waals surface area contributed by atoms with E-state index >= 15 is 0 Å². The highest BCUT2D eigenvalue weighted by Gasteiger charge is 2.03. The van der Waals surface area contributed by atoms with E-state index in [0.717, 1.165) is 21.8 Å². The van der Waals surface area contributed by atoms with Crippen molar-refractivity contribution in [1.82, 2.24) is 9.97 Å². The van der Waals surface area contributed by atoms with Crippen molar-refractivity contribution >= 4 is 21.8 Å². The SMILES string of the molecule is Oc1cc2ccc3cc[nH]c3c2[nH]1. The molecule has 0 fully saturated rings. The fourth-order valence-electron chi connectivity index (χ4n) is 1.71. The molecule has 13 heavy (non-hydrogen) atoms. The fraction of sp³-hybridized carbons (Fsp3) is 0. The van der Waals surface area contributed by atoms with E-state index < -0.39 is 0 Å². The molecule has 3 aromatic rings. The molecule has 1 aromatic carbocycles. The van der Waals surface area contributed by atoms with Gasteiger partial charge < -0.3 is 15.1 Å². The minimum atomic E-state index is 0.206. The highest BCUT2D eigenvalue weighted by Crippen LogP contribution is 2.26. The van der Waals surface area contributed by atoms with E-state index in [1.807, 2.05) is 24.4 Å². The van der Waals surface area contributed by atoms with Gasteiger partial charge in [-0.3, -0.25) is 0 Å². The highest BCUT2D eigenvalue weighted by molar-refractivity contribution is 6.04. The standard InChI is InChI=1S/C10H8N2O/c13-8-5-7-2-1-6-3-4-11-9(6)10(7)12-8/h1-5,11-13H. The topological polar surface area (TPSA) is 51.8 Å². The third-order valence-electron chi connectivity index (χ3n) is 2.31. The van der Waals surface area contributed by atoms with Crippen LogP contribution in [-0.4, -0.2) is 15.1 Å². The fourth-order valence-corrected chi connectivity index (χ4v) is 1.71. The second-order valence-electron chi connectivity index (χ2n) is 3.13. The zero-order valence-corrected chi connectivity index (χ0v) is 6.83. The predicted octanol–water partition coefficient (Wildman–Crippen LogP) is 2.35. The van der Waals surface area contributed by atoms with Gasteiger partial charge in [0.15, 0.2) is 5.88 Å². The molecular weight excluding hydrogens is 164 g/mol. The Morgan fingerprint density at radius 3 is 2.77 bits per heavy atom. The van der Waals surface area contributed by atoms with Gasteiger partial charge in [-0.1, -0.05) is 12.1 Å². The second kappa shape index (κ2) is 2.07. The summed E-state index contributed by atoms with van der Waals surface area (Å²) < 4.78 is 0. The van der Waals surface area contributed by atoms with Crippen LogP contribution in [0.4, 0.5) is 0 Å². The quantitative estimate of drug-likeness (QED) is 0.479. The molecule has 64 valence electrons. The van der Waals surface area contributed by atoms with Crippen LogP contribution in [0.15, 0.2) is 30.5 Å². The van der Waals surface area contributed by atoms with Crippen molar-refractivity contribution in [2.75, 3.05) is 0 Å². The van der Waals surface area contributed by atoms with E-state index in [2.05, 4.69) is 9.97 Å². The molecule has 2 aromatic heterocycles. The molecule has 2 heterocycles. The number of fused-ring (bicyclic) bond motifs is 3. The zero-order valence-electron chi connectivity index (χ0n) is 6.83. The molecule has 0 spiro atoms. The van der Waals surface area contributed by atoms with Crippen molar-refractivity contribution in [3.05, 3.63) is 30.5 Å². The Bertz CT molecular complexity index is 577. The monoisotopic (exact) mass is 172 g/mol. The van der Waals surface area contributed by atoms with E-state index in [9.17, 15) is 5.11 Å². The van der Waals surface area contributed by atoms with Crippen LogP contribution in [0.3, 0.4) is 0 Å². The van der Waals surface area contributed by atoms with Gasteiger partial charge in [0.2, 0.25) is 0 Å². The van der Waals surface area contributed by atoms with Crippen molar-refractivity contribution in [1.29, 1.82) is 0 Å². The summed E-state index contributed by atoms with van der Waals surface area (Å²) in [6.07, 6.45) is 1.89. The lowest BCUT2D eigenvalue weighted by molar-refractivity contribution is 0.458. The van der Waals surface area contributed by atoms with Crippen LogP contribution in [0.25, 0.3) is 21.8 Å². The molecule has 0 amide bonds. The third-order valence-corrected chi connectivity index (χ3v) is 2.31. The summed E-state index contributed by atoms with van der Waals surface area (Å²) in [6, 6.07) is 7.74. The molecule has 0 saturated heterocycles. The predicted molar refractivity (Wildman–Crippen MR) is 51.8 cm³/mol. The molecule has 0 atom stereocenters. The summed E-state index contributed by atoms with van der Waals surface area (Å²) in [4.78, 5) is 6.05. The van der Waals surface area contributed by atoms with Crippen molar-refractivity contribution < 1.29 is 5.11 Å². The molecule has 0 radical (unpaired) electrons. The van der Waals surface area contributed by atoms with E-state index in [-0.39, 0.29) is 5.88 Å². The smallest absolute Gasteiger partial charge is 0.189 e. The van der Waals surface area contributed by atoms with Crippen LogP contribution in [-0.2, 0) is 0 Å². The second-order valence-corrected chi connectivity index (χ2v) is 3.13. The molecule has 0 aliphatic carbocycles. The number of hydrogen-bond donors (Lipinski definition) is 3. The first-order valence-electron chi connectivity index (χ1n) is 4.12. The number of aromatic amines is 2. The summed E-state index contributed by atoms with van der Waals surface area (Å²) >= 11 is 0. The normalized spacial score (nSPS) is 11.4. The third kappa shape index (κ3) is 0.783. The van der Waals surface area contributed by atoms with Gasteiger partial charge in [-0.15, -0.1) is 0 Å². The Morgan fingerprint density at radius 2 is 1.85 bits per heavy atom. The molecule has 0 aliphatic rings. The Labute approximate surface area is 74.0 Å². The van der Waals surface area contributed by atoms with Gasteiger partial charge in [0.1, 0.15) is 0 Å². The molecule has 3 N–H and O–H groups in total. The van der Waals surface area contributed by atoms with Gasteiger partial charge >= 0.3 is 0 Å². The van der Waals surface area contributed by atoms with Crippen molar-refractivity contribution in [3.8, 4) is 5.88 Å². The molecular formula is C10H8N2O. The molecule has 0 unspecified atom stereocenters. The van der Waals surface area contributed by atoms with Gasteiger partial charge in [-0.05, 0) is 6.07 Å². The average Bonchev–Trinajstić information content (AvgIpc) is 2.65. The van der Waals surface area contributed by atoms with Crippen molar-refractivity contribution in [2.45, 2.75) is 0 Å². The first-order valence-corrected chi connectivity index (χ1v) is 4.12. The Hall–Kier alpha value is -1.90. The zero-order chi connectivity index (χ0) is 8.84. The lowest BCUT2D eigenvalue weighted by Gasteiger charge is -1.91. The molecule has 0 aliphatic heterocycles. The number of aromatic nitrogens is 2. The Kier molecular flexibility index (Phi) is 1.05. The first kappa shape index (κ1) is 6.60. The van der Waals surface area contributed by atoms with Crippen LogP contribution < -0.4 is 0 Å². The molecule has 0 bridgehead atoms. The van der Waals surface area contributed by atoms with Crippen LogP contribution in [0, 0.1) is 0 Å². The Balaban J connectivity index is 2.64. The minimum absolute atomic E-state index is 0.206. The Morgan fingerprint density at radius 1 is 1.00 bits per heavy atom. The maximum atomic E-state index is 9.28. The molecule has 3 nitrogen and oxygen atoms in total. The van der Waals surface area contributed by atoms with Gasteiger partial charge in [0.05, 0.1) is 11.0 Å². The van der Waals surface area contributed by atoms with Gasteiger partial charge in [0, 0.05) is 23.0 Å². The summed E-state index contributed by atoms with van der Waals surface area (Å²) in [5.74, 6) is 0.206. The first-order chi connectivity index (χ1) is 6.34. The highest BCUT2D eigenvalue weighted by atomic mass is 16.3. The summed E-state index contributed by atoms with van der Waals surface area (Å²) in [5, 5.41) is 11.5. The van der Waals surface area contributed by atoms with Gasteiger partial charge in [-0.25, -0.2) is 0 Å². The lowest BCUT2D eigenvalue weighted by Crippen LogP contribution is -1.71. The van der Waals surface area contributed by atoms with E-state index in [1.165, 1.54) is 0 Å². The van der Waals surface area contributed by atoms with Crippen LogP contribution in [0.5, 0.6) is 5.88 Å². The van der Waals surface area contributed by atoms with Crippen molar-refractivity contribution in [3.63, 3.8) is 0 Å². The number of nitrogens with one attached hydrogen (secondary N) is 2. The summed E-state index contributed by atoms with van der Waals surface area (Å²) in [5.41, 5.74) is 2.00. The molecule has 3 heteroatoms. The average molecular weight is 172 g/mol. The number of H-pyrrole nitrogens is 2. The number of hydrogen-bond acceptors (Lipinski definition) is 1. The largest absolute Gasteiger partial charge is 0.495 e. The van der Waals surface area contributed by atoms with E-state index in [0.29, 0.717) is 0 Å². The maximum absolute atomic E-state index is 9.28. The van der Waals surface area contributed by atoms with Crippen molar-refractivity contribution in [2.24, 2.45) is 0 Å². The number of benzene rings is 1. The number of aromatic hydroxyl groups is 1. The minimum Gasteiger partial charge on any atom is -0.495 e. The van der Waals surface area contributed by atoms with Gasteiger partial charge in [-0.2, -0.15) is 0 Å². The van der Waals surface area contributed by atoms with E-state index in [4.69, 9.17) is 0 Å². The summed E-state index contributed by atoms with van der Waals surface area (Å²) in [6.45, 7) is 0. The molecule has 3 rings (SSSR count). The summed E-state index contributed by atoms with van der Waals surface area (Å²) in [7, 11) is 0. The lowest BCUT2D eigenvalue weighted by atomic mass is 10.2. The van der Waals surface area contributed by atoms with Crippen LogP contribution in [0.2, 0.25) is 0 Å². The maximum Gasteiger partial charge on any atom is 0.189 e. The van der Waals surface area contributed by atoms with Gasteiger partial charge in [0.25, 0.3) is 0 Å². The van der Waals surface area contributed by atoms with E-state index in [1.54, 1.807) is 6.07 Å². The van der Waals surface area contributed by atoms with Crippen LogP contribution in [0.1, 0.15) is 0 Å². The van der Waals surface area contributed by atoms with Crippen LogP contribution >= 0.6 is 0 Å². The number of rotatable bonds is 0.